The van der Waals surface area contributed by atoms with Crippen molar-refractivity contribution in [2.45, 2.75) is 34.2 Å². The molecule has 1 unspecified atom stereocenters. The zero-order valence-corrected chi connectivity index (χ0v) is 12.8. The second kappa shape index (κ2) is 4.71. The van der Waals surface area contributed by atoms with E-state index >= 15 is 0 Å². The number of H-pyrrole nitrogens is 1. The van der Waals surface area contributed by atoms with Crippen LogP contribution >= 0.6 is 23.8 Å². The Morgan fingerprint density at radius 2 is 2.06 bits per heavy atom. The van der Waals surface area contributed by atoms with Gasteiger partial charge in [0, 0.05) is 11.6 Å². The van der Waals surface area contributed by atoms with E-state index in [2.05, 4.69) is 37.2 Å². The number of rotatable bonds is 2. The summed E-state index contributed by atoms with van der Waals surface area (Å²) in [6, 6.07) is 5.86. The summed E-state index contributed by atoms with van der Waals surface area (Å²) in [5.41, 5.74) is 2.40. The minimum Gasteiger partial charge on any atom is -0.331 e. The number of aromatic nitrogens is 2. The van der Waals surface area contributed by atoms with Crippen molar-refractivity contribution in [1.82, 2.24) is 9.55 Å². The van der Waals surface area contributed by atoms with Crippen LogP contribution in [-0.2, 0) is 6.54 Å². The van der Waals surface area contributed by atoms with E-state index in [9.17, 15) is 0 Å². The normalized spacial score (nSPS) is 14.1. The van der Waals surface area contributed by atoms with Crippen LogP contribution in [0.5, 0.6) is 0 Å². The molecule has 0 fully saturated rings. The smallest absolute Gasteiger partial charge is 0.178 e. The van der Waals surface area contributed by atoms with Crippen molar-refractivity contribution >= 4 is 34.9 Å². The average Bonchev–Trinajstić information content (AvgIpc) is 2.53. The first kappa shape index (κ1) is 13.6. The molecule has 2 rings (SSSR count). The summed E-state index contributed by atoms with van der Waals surface area (Å²) in [6.45, 7) is 9.95. The molecule has 0 bridgehead atoms. The molecule has 2 nitrogen and oxygen atoms in total. The van der Waals surface area contributed by atoms with Gasteiger partial charge in [-0.1, -0.05) is 39.3 Å². The number of hydrogen-bond donors (Lipinski definition) is 1. The van der Waals surface area contributed by atoms with E-state index in [4.69, 9.17) is 23.8 Å². The van der Waals surface area contributed by atoms with Crippen LogP contribution in [0.25, 0.3) is 11.0 Å². The fourth-order valence-corrected chi connectivity index (χ4v) is 2.32. The topological polar surface area (TPSA) is 20.7 Å². The van der Waals surface area contributed by atoms with Gasteiger partial charge in [0.05, 0.1) is 11.0 Å². The number of hydrogen-bond acceptors (Lipinski definition) is 1. The molecule has 18 heavy (non-hydrogen) atoms. The minimum atomic E-state index is 0.269. The van der Waals surface area contributed by atoms with Crippen molar-refractivity contribution in [2.24, 2.45) is 11.3 Å². The van der Waals surface area contributed by atoms with Crippen molar-refractivity contribution in [2.75, 3.05) is 0 Å². The zero-order chi connectivity index (χ0) is 13.5. The Morgan fingerprint density at radius 3 is 2.67 bits per heavy atom. The number of halogens is 1. The predicted molar refractivity (Wildman–Crippen MR) is 80.8 cm³/mol. The molecule has 0 aliphatic rings. The Kier molecular flexibility index (Phi) is 3.56. The number of fused-ring (bicyclic) bond motifs is 1. The minimum absolute atomic E-state index is 0.269. The maximum absolute atomic E-state index is 6.00. The van der Waals surface area contributed by atoms with Gasteiger partial charge in [-0.2, -0.15) is 0 Å². The van der Waals surface area contributed by atoms with Crippen LogP contribution in [0.2, 0.25) is 5.02 Å². The molecule has 0 aliphatic carbocycles. The summed E-state index contributed by atoms with van der Waals surface area (Å²) in [7, 11) is 0. The second-order valence-electron chi connectivity index (χ2n) is 5.97. The van der Waals surface area contributed by atoms with Gasteiger partial charge in [-0.25, -0.2) is 0 Å². The number of nitrogens with one attached hydrogen (secondary N) is 1. The largest absolute Gasteiger partial charge is 0.331 e. The number of imidazole rings is 1. The van der Waals surface area contributed by atoms with E-state index in [-0.39, 0.29) is 5.41 Å². The lowest BCUT2D eigenvalue weighted by atomic mass is 9.82. The summed E-state index contributed by atoms with van der Waals surface area (Å²) in [6.07, 6.45) is 0. The summed E-state index contributed by atoms with van der Waals surface area (Å²) in [5.74, 6) is 0.541. The van der Waals surface area contributed by atoms with Crippen molar-refractivity contribution in [3.63, 3.8) is 0 Å². The third-order valence-electron chi connectivity index (χ3n) is 3.67. The quantitative estimate of drug-likeness (QED) is 0.766. The molecule has 0 aliphatic heterocycles. The van der Waals surface area contributed by atoms with Crippen molar-refractivity contribution in [3.8, 4) is 0 Å². The Bertz CT molecular complexity index is 619. The molecule has 0 amide bonds. The third kappa shape index (κ3) is 2.62. The van der Waals surface area contributed by atoms with Crippen LogP contribution in [0.4, 0.5) is 0 Å². The van der Waals surface area contributed by atoms with E-state index in [1.54, 1.807) is 0 Å². The highest BCUT2D eigenvalue weighted by atomic mass is 35.5. The van der Waals surface area contributed by atoms with Crippen molar-refractivity contribution in [3.05, 3.63) is 28.0 Å². The van der Waals surface area contributed by atoms with Gasteiger partial charge in [0.25, 0.3) is 0 Å². The molecule has 1 aromatic carbocycles. The molecule has 0 saturated carbocycles. The van der Waals surface area contributed by atoms with Crippen LogP contribution in [0, 0.1) is 16.1 Å². The molecule has 0 radical (unpaired) electrons. The van der Waals surface area contributed by atoms with Crippen molar-refractivity contribution < 1.29 is 0 Å². The summed E-state index contributed by atoms with van der Waals surface area (Å²) < 4.78 is 2.93. The van der Waals surface area contributed by atoms with Gasteiger partial charge in [-0.15, -0.1) is 0 Å². The summed E-state index contributed by atoms with van der Waals surface area (Å²) in [4.78, 5) is 3.22. The Labute approximate surface area is 118 Å². The highest BCUT2D eigenvalue weighted by molar-refractivity contribution is 7.71. The van der Waals surface area contributed by atoms with E-state index in [1.165, 1.54) is 0 Å². The average molecular weight is 283 g/mol. The highest BCUT2D eigenvalue weighted by Gasteiger charge is 2.21. The molecule has 4 heteroatoms. The molecule has 1 atom stereocenters. The zero-order valence-electron chi connectivity index (χ0n) is 11.2. The number of aromatic amines is 1. The first-order valence-electron chi connectivity index (χ1n) is 6.17. The van der Waals surface area contributed by atoms with Crippen molar-refractivity contribution in [1.29, 1.82) is 0 Å². The van der Waals surface area contributed by atoms with Crippen LogP contribution < -0.4 is 0 Å². The standard InChI is InChI=1S/C14H19ClN2S/c1-9(14(2,3)4)8-17-12-6-5-10(15)7-11(12)16-13(17)18/h5-7,9H,8H2,1-4H3,(H,16,18). The first-order chi connectivity index (χ1) is 8.29. The van der Waals surface area contributed by atoms with Crippen LogP contribution in [0.3, 0.4) is 0 Å². The van der Waals surface area contributed by atoms with Gasteiger partial charge in [0.2, 0.25) is 0 Å². The Morgan fingerprint density at radius 1 is 1.39 bits per heavy atom. The molecule has 98 valence electrons. The molecule has 0 spiro atoms. The fourth-order valence-electron chi connectivity index (χ4n) is 1.86. The molecule has 1 heterocycles. The predicted octanol–water partition coefficient (Wildman–Crippen LogP) is 5.03. The second-order valence-corrected chi connectivity index (χ2v) is 6.79. The van der Waals surface area contributed by atoms with Gasteiger partial charge in [0.15, 0.2) is 4.77 Å². The highest BCUT2D eigenvalue weighted by Crippen LogP contribution is 2.28. The number of nitrogens with zero attached hydrogens (tertiary/aromatic N) is 1. The Balaban J connectivity index is 2.45. The lowest BCUT2D eigenvalue weighted by molar-refractivity contribution is 0.234. The van der Waals surface area contributed by atoms with E-state index < -0.39 is 0 Å². The van der Waals surface area contributed by atoms with E-state index in [0.717, 1.165) is 27.4 Å². The Hall–Kier alpha value is -0.800. The maximum atomic E-state index is 6.00. The molecule has 2 aromatic rings. The van der Waals surface area contributed by atoms with Gasteiger partial charge in [0.1, 0.15) is 0 Å². The third-order valence-corrected chi connectivity index (χ3v) is 4.23. The lowest BCUT2D eigenvalue weighted by Crippen LogP contribution is -2.22. The molecular formula is C14H19ClN2S. The maximum Gasteiger partial charge on any atom is 0.178 e. The lowest BCUT2D eigenvalue weighted by Gasteiger charge is -2.27. The van der Waals surface area contributed by atoms with Crippen LogP contribution in [-0.4, -0.2) is 9.55 Å². The van der Waals surface area contributed by atoms with E-state index in [0.29, 0.717) is 5.92 Å². The fraction of sp³-hybridized carbons (Fsp3) is 0.500. The van der Waals surface area contributed by atoms with Gasteiger partial charge < -0.3 is 9.55 Å². The summed E-state index contributed by atoms with van der Waals surface area (Å²) in [5, 5.41) is 0.731. The van der Waals surface area contributed by atoms with Crippen LogP contribution in [0.1, 0.15) is 27.7 Å². The SMILES string of the molecule is CC(Cn1c(=S)[nH]c2cc(Cl)ccc21)C(C)(C)C. The molecule has 1 N–H and O–H groups in total. The molecular weight excluding hydrogens is 264 g/mol. The monoisotopic (exact) mass is 282 g/mol. The molecule has 0 saturated heterocycles. The van der Waals surface area contributed by atoms with Gasteiger partial charge >= 0.3 is 0 Å². The van der Waals surface area contributed by atoms with Gasteiger partial charge in [-0.05, 0) is 41.7 Å². The molecule has 1 aromatic heterocycles. The first-order valence-corrected chi connectivity index (χ1v) is 6.96. The van der Waals surface area contributed by atoms with Crippen LogP contribution in [0.15, 0.2) is 18.2 Å². The summed E-state index contributed by atoms with van der Waals surface area (Å²) >= 11 is 11.4. The van der Waals surface area contributed by atoms with E-state index in [1.807, 2.05) is 18.2 Å². The van der Waals surface area contributed by atoms with Gasteiger partial charge in [-0.3, -0.25) is 0 Å². The number of benzene rings is 1.